The third kappa shape index (κ3) is 4.04. The minimum Gasteiger partial charge on any atom is -0.492 e. The van der Waals surface area contributed by atoms with Gasteiger partial charge in [0.05, 0.1) is 16.6 Å². The van der Waals surface area contributed by atoms with Crippen LogP contribution in [-0.4, -0.2) is 13.2 Å². The van der Waals surface area contributed by atoms with Gasteiger partial charge in [-0.3, -0.25) is 0 Å². The summed E-state index contributed by atoms with van der Waals surface area (Å²) in [5.74, 6) is 0.728. The van der Waals surface area contributed by atoms with Crippen LogP contribution in [0.2, 0.25) is 4.34 Å². The second-order valence-electron chi connectivity index (χ2n) is 4.07. The molecule has 0 aliphatic rings. The number of rotatable bonds is 6. The topological polar surface area (TPSA) is 47.3 Å². The monoisotopic (exact) mass is 296 g/mol. The molecule has 0 aliphatic carbocycles. The van der Waals surface area contributed by atoms with E-state index in [2.05, 4.69) is 11.4 Å². The molecular weight excluding hydrogens is 280 g/mol. The first-order chi connectivity index (χ1) is 9.19. The zero-order chi connectivity index (χ0) is 13.7. The number of nitrogens with one attached hydrogen (secondary N) is 1. The Balaban J connectivity index is 1.90. The van der Waals surface area contributed by atoms with Gasteiger partial charge in [0.25, 0.3) is 0 Å². The number of hydrogen-bond donors (Lipinski definition) is 2. The van der Waals surface area contributed by atoms with E-state index < -0.39 is 0 Å². The molecule has 3 nitrogen and oxygen atoms in total. The molecule has 0 amide bonds. The van der Waals surface area contributed by atoms with Crippen LogP contribution in [0.3, 0.4) is 0 Å². The molecule has 1 aromatic heterocycles. The van der Waals surface area contributed by atoms with Crippen molar-refractivity contribution in [2.75, 3.05) is 24.2 Å². The SMILES string of the molecule is CCOc1cc(NCCc2ccc(Cl)s2)ccc1N. The standard InChI is InChI=1S/C14H17ClN2OS/c1-2-18-13-9-10(3-5-12(13)16)17-8-7-11-4-6-14(15)19-11/h3-6,9,17H,2,7-8,16H2,1H3. The van der Waals surface area contributed by atoms with Gasteiger partial charge in [-0.2, -0.15) is 0 Å². The number of ether oxygens (including phenoxy) is 1. The Hall–Kier alpha value is -1.39. The van der Waals surface area contributed by atoms with E-state index in [9.17, 15) is 0 Å². The average Bonchev–Trinajstić information content (AvgIpc) is 2.79. The molecular formula is C14H17ClN2OS. The average molecular weight is 297 g/mol. The third-order valence-corrected chi connectivity index (χ3v) is 3.93. The van der Waals surface area contributed by atoms with Gasteiger partial charge < -0.3 is 15.8 Å². The summed E-state index contributed by atoms with van der Waals surface area (Å²) in [6.07, 6.45) is 0.950. The van der Waals surface area contributed by atoms with E-state index in [-0.39, 0.29) is 0 Å². The Bertz CT molecular complexity index is 542. The molecule has 0 spiro atoms. The first-order valence-corrected chi connectivity index (χ1v) is 7.39. The van der Waals surface area contributed by atoms with Crippen molar-refractivity contribution < 1.29 is 4.74 Å². The van der Waals surface area contributed by atoms with E-state index in [4.69, 9.17) is 22.1 Å². The van der Waals surface area contributed by atoms with Gasteiger partial charge in [-0.15, -0.1) is 11.3 Å². The van der Waals surface area contributed by atoms with Crippen molar-refractivity contribution in [3.63, 3.8) is 0 Å². The fraction of sp³-hybridized carbons (Fsp3) is 0.286. The summed E-state index contributed by atoms with van der Waals surface area (Å²) in [5, 5.41) is 3.36. The molecule has 0 saturated carbocycles. The molecule has 0 atom stereocenters. The molecule has 1 aromatic carbocycles. The van der Waals surface area contributed by atoms with Crippen molar-refractivity contribution in [3.8, 4) is 5.75 Å². The van der Waals surface area contributed by atoms with Gasteiger partial charge in [-0.25, -0.2) is 0 Å². The summed E-state index contributed by atoms with van der Waals surface area (Å²) < 4.78 is 6.30. The van der Waals surface area contributed by atoms with Crippen LogP contribution in [0, 0.1) is 0 Å². The minimum atomic E-state index is 0.612. The number of benzene rings is 1. The fourth-order valence-corrected chi connectivity index (χ4v) is 2.83. The molecule has 0 unspecified atom stereocenters. The molecule has 102 valence electrons. The summed E-state index contributed by atoms with van der Waals surface area (Å²) in [7, 11) is 0. The Morgan fingerprint density at radius 2 is 2.16 bits per heavy atom. The van der Waals surface area contributed by atoms with Gasteiger partial charge in [0, 0.05) is 23.2 Å². The summed E-state index contributed by atoms with van der Waals surface area (Å²) >= 11 is 7.51. The van der Waals surface area contributed by atoms with Gasteiger partial charge in [0.1, 0.15) is 5.75 Å². The normalized spacial score (nSPS) is 10.4. The molecule has 0 aliphatic heterocycles. The van der Waals surface area contributed by atoms with E-state index in [1.165, 1.54) is 4.88 Å². The molecule has 0 saturated heterocycles. The third-order valence-electron chi connectivity index (χ3n) is 2.64. The largest absolute Gasteiger partial charge is 0.492 e. The number of anilines is 2. The number of thiophene rings is 1. The molecule has 19 heavy (non-hydrogen) atoms. The van der Waals surface area contributed by atoms with Crippen molar-refractivity contribution in [2.45, 2.75) is 13.3 Å². The Morgan fingerprint density at radius 1 is 1.32 bits per heavy atom. The summed E-state index contributed by atoms with van der Waals surface area (Å²) in [5.41, 5.74) is 7.51. The van der Waals surface area contributed by atoms with Crippen molar-refractivity contribution >= 4 is 34.3 Å². The first-order valence-electron chi connectivity index (χ1n) is 6.19. The predicted octanol–water partition coefficient (Wildman–Crippen LogP) is 4.04. The van der Waals surface area contributed by atoms with Crippen molar-refractivity contribution in [1.82, 2.24) is 0 Å². The summed E-state index contributed by atoms with van der Waals surface area (Å²) in [6, 6.07) is 9.73. The molecule has 0 fully saturated rings. The molecule has 2 rings (SSSR count). The maximum Gasteiger partial charge on any atom is 0.144 e. The smallest absolute Gasteiger partial charge is 0.144 e. The van der Waals surface area contributed by atoms with Crippen LogP contribution in [0.4, 0.5) is 11.4 Å². The molecule has 2 aromatic rings. The molecule has 3 N–H and O–H groups in total. The lowest BCUT2D eigenvalue weighted by Crippen LogP contribution is -2.05. The Kier molecular flexibility index (Phi) is 4.93. The van der Waals surface area contributed by atoms with Crippen molar-refractivity contribution in [2.24, 2.45) is 0 Å². The van der Waals surface area contributed by atoms with Crippen LogP contribution in [0.25, 0.3) is 0 Å². The molecule has 1 heterocycles. The quantitative estimate of drug-likeness (QED) is 0.791. The van der Waals surface area contributed by atoms with Crippen LogP contribution >= 0.6 is 22.9 Å². The summed E-state index contributed by atoms with van der Waals surface area (Å²) in [4.78, 5) is 1.28. The second kappa shape index (κ2) is 6.68. The maximum atomic E-state index is 5.90. The zero-order valence-corrected chi connectivity index (χ0v) is 12.4. The predicted molar refractivity (Wildman–Crippen MR) is 83.5 cm³/mol. The lowest BCUT2D eigenvalue weighted by atomic mass is 10.2. The lowest BCUT2D eigenvalue weighted by Gasteiger charge is -2.10. The van der Waals surface area contributed by atoms with E-state index in [1.54, 1.807) is 11.3 Å². The van der Waals surface area contributed by atoms with Gasteiger partial charge in [-0.05, 0) is 37.6 Å². The maximum absolute atomic E-state index is 5.90. The van der Waals surface area contributed by atoms with Gasteiger partial charge in [0.2, 0.25) is 0 Å². The van der Waals surface area contributed by atoms with Crippen molar-refractivity contribution in [1.29, 1.82) is 0 Å². The minimum absolute atomic E-state index is 0.612. The lowest BCUT2D eigenvalue weighted by molar-refractivity contribution is 0.342. The highest BCUT2D eigenvalue weighted by molar-refractivity contribution is 7.16. The van der Waals surface area contributed by atoms with E-state index >= 15 is 0 Å². The molecule has 5 heteroatoms. The highest BCUT2D eigenvalue weighted by atomic mass is 35.5. The second-order valence-corrected chi connectivity index (χ2v) is 5.87. The Morgan fingerprint density at radius 3 is 2.84 bits per heavy atom. The van der Waals surface area contributed by atoms with E-state index in [0.29, 0.717) is 12.3 Å². The van der Waals surface area contributed by atoms with Gasteiger partial charge in [-0.1, -0.05) is 11.6 Å². The van der Waals surface area contributed by atoms with Crippen LogP contribution in [0.1, 0.15) is 11.8 Å². The highest BCUT2D eigenvalue weighted by Crippen LogP contribution is 2.26. The van der Waals surface area contributed by atoms with Crippen molar-refractivity contribution in [3.05, 3.63) is 39.5 Å². The number of nitrogens with two attached hydrogens (primary N) is 1. The van der Waals surface area contributed by atoms with Crippen LogP contribution < -0.4 is 15.8 Å². The summed E-state index contributed by atoms with van der Waals surface area (Å²) in [6.45, 7) is 3.41. The Labute approximate surface area is 122 Å². The van der Waals surface area contributed by atoms with E-state index in [1.807, 2.05) is 31.2 Å². The van der Waals surface area contributed by atoms with Gasteiger partial charge in [0.15, 0.2) is 0 Å². The van der Waals surface area contributed by atoms with Crippen LogP contribution in [-0.2, 0) is 6.42 Å². The van der Waals surface area contributed by atoms with Crippen LogP contribution in [0.5, 0.6) is 5.75 Å². The zero-order valence-electron chi connectivity index (χ0n) is 10.8. The number of hydrogen-bond acceptors (Lipinski definition) is 4. The highest BCUT2D eigenvalue weighted by Gasteiger charge is 2.02. The number of halogens is 1. The molecule has 0 bridgehead atoms. The fourth-order valence-electron chi connectivity index (χ4n) is 1.74. The van der Waals surface area contributed by atoms with Gasteiger partial charge >= 0.3 is 0 Å². The number of nitrogen functional groups attached to an aromatic ring is 1. The molecule has 0 radical (unpaired) electrons. The first kappa shape index (κ1) is 14.0. The van der Waals surface area contributed by atoms with E-state index in [0.717, 1.165) is 28.7 Å². The van der Waals surface area contributed by atoms with Crippen LogP contribution in [0.15, 0.2) is 30.3 Å².